The fraction of sp³-hybridized carbons (Fsp3) is 0. The summed E-state index contributed by atoms with van der Waals surface area (Å²) in [6.45, 7) is 0. The van der Waals surface area contributed by atoms with Crippen LogP contribution in [-0.2, 0) is 0 Å². The van der Waals surface area contributed by atoms with Gasteiger partial charge in [0.1, 0.15) is 5.82 Å². The third-order valence-electron chi connectivity index (χ3n) is 3.23. The quantitative estimate of drug-likeness (QED) is 0.697. The average Bonchev–Trinajstić information content (AvgIpc) is 2.51. The lowest BCUT2D eigenvalue weighted by Crippen LogP contribution is -2.12. The number of anilines is 1. The number of hydrogen-bond donors (Lipinski definition) is 1. The van der Waals surface area contributed by atoms with Crippen molar-refractivity contribution < 1.29 is 9.18 Å². The van der Waals surface area contributed by atoms with E-state index in [1.165, 1.54) is 24.3 Å². The lowest BCUT2D eigenvalue weighted by molar-refractivity contribution is 0.102. The predicted octanol–water partition coefficient (Wildman–Crippen LogP) is 4.99. The molecule has 0 spiro atoms. The molecule has 0 aliphatic carbocycles. The van der Waals surface area contributed by atoms with Gasteiger partial charge in [-0.15, -0.1) is 0 Å². The molecule has 21 heavy (non-hydrogen) atoms. The van der Waals surface area contributed by atoms with Gasteiger partial charge in [-0.2, -0.15) is 0 Å². The molecule has 0 heterocycles. The van der Waals surface area contributed by atoms with E-state index < -0.39 is 0 Å². The molecule has 0 saturated carbocycles. The first-order chi connectivity index (χ1) is 10.1. The fourth-order valence-corrected chi connectivity index (χ4v) is 2.64. The van der Waals surface area contributed by atoms with Crippen LogP contribution in [0.3, 0.4) is 0 Å². The summed E-state index contributed by atoms with van der Waals surface area (Å²) in [7, 11) is 0. The third-order valence-corrected chi connectivity index (χ3v) is 3.92. The standard InChI is InChI=1S/C17H11BrFNO/c18-15-9-10-16(14-4-2-1-3-13(14)15)20-17(21)11-5-7-12(19)8-6-11/h1-10H,(H,20,21). The van der Waals surface area contributed by atoms with Gasteiger partial charge >= 0.3 is 0 Å². The van der Waals surface area contributed by atoms with E-state index in [1.54, 1.807) is 0 Å². The van der Waals surface area contributed by atoms with Crippen LogP contribution >= 0.6 is 15.9 Å². The van der Waals surface area contributed by atoms with Gasteiger partial charge in [0.25, 0.3) is 5.91 Å². The molecule has 3 aromatic carbocycles. The normalized spacial score (nSPS) is 10.6. The maximum atomic E-state index is 12.9. The van der Waals surface area contributed by atoms with Crippen LogP contribution in [0, 0.1) is 5.82 Å². The maximum absolute atomic E-state index is 12.9. The minimum atomic E-state index is -0.361. The van der Waals surface area contributed by atoms with E-state index in [4.69, 9.17) is 0 Å². The van der Waals surface area contributed by atoms with Crippen LogP contribution in [0.15, 0.2) is 65.1 Å². The van der Waals surface area contributed by atoms with Crippen LogP contribution in [0.5, 0.6) is 0 Å². The highest BCUT2D eigenvalue weighted by Gasteiger charge is 2.09. The number of carbonyl (C=O) groups is 1. The van der Waals surface area contributed by atoms with Gasteiger partial charge in [0.2, 0.25) is 0 Å². The van der Waals surface area contributed by atoms with Gasteiger partial charge in [0, 0.05) is 21.1 Å². The second kappa shape index (κ2) is 5.66. The average molecular weight is 344 g/mol. The van der Waals surface area contributed by atoms with Crippen LogP contribution < -0.4 is 5.32 Å². The van der Waals surface area contributed by atoms with Gasteiger partial charge in [-0.25, -0.2) is 4.39 Å². The Bertz CT molecular complexity index is 815. The smallest absolute Gasteiger partial charge is 0.255 e. The van der Waals surface area contributed by atoms with Gasteiger partial charge in [-0.3, -0.25) is 4.79 Å². The lowest BCUT2D eigenvalue weighted by atomic mass is 10.1. The third kappa shape index (κ3) is 2.81. The predicted molar refractivity (Wildman–Crippen MR) is 86.0 cm³/mol. The van der Waals surface area contributed by atoms with Gasteiger partial charge in [0.05, 0.1) is 0 Å². The highest BCUT2D eigenvalue weighted by molar-refractivity contribution is 9.10. The molecule has 0 radical (unpaired) electrons. The van der Waals surface area contributed by atoms with E-state index in [1.807, 2.05) is 36.4 Å². The van der Waals surface area contributed by atoms with Crippen molar-refractivity contribution in [2.75, 3.05) is 5.32 Å². The van der Waals surface area contributed by atoms with Crippen LogP contribution in [0.25, 0.3) is 10.8 Å². The summed E-state index contributed by atoms with van der Waals surface area (Å²) < 4.78 is 13.9. The maximum Gasteiger partial charge on any atom is 0.255 e. The largest absolute Gasteiger partial charge is 0.321 e. The molecule has 0 bridgehead atoms. The Kier molecular flexibility index (Phi) is 3.71. The van der Waals surface area contributed by atoms with E-state index in [2.05, 4.69) is 21.2 Å². The Balaban J connectivity index is 1.97. The Morgan fingerprint density at radius 1 is 0.905 bits per heavy atom. The van der Waals surface area contributed by atoms with Crippen molar-refractivity contribution in [2.24, 2.45) is 0 Å². The number of fused-ring (bicyclic) bond motifs is 1. The van der Waals surface area contributed by atoms with Gasteiger partial charge in [-0.1, -0.05) is 40.2 Å². The van der Waals surface area contributed by atoms with Crippen molar-refractivity contribution in [3.05, 3.63) is 76.5 Å². The number of carbonyl (C=O) groups excluding carboxylic acids is 1. The van der Waals surface area contributed by atoms with Gasteiger partial charge < -0.3 is 5.32 Å². The fourth-order valence-electron chi connectivity index (χ4n) is 2.17. The summed E-state index contributed by atoms with van der Waals surface area (Å²) in [6, 6.07) is 17.0. The first kappa shape index (κ1) is 13.8. The molecule has 3 rings (SSSR count). The minimum absolute atomic E-state index is 0.262. The molecule has 0 saturated heterocycles. The monoisotopic (exact) mass is 343 g/mol. The summed E-state index contributed by atoms with van der Waals surface area (Å²) in [6.07, 6.45) is 0. The van der Waals surface area contributed by atoms with Crippen molar-refractivity contribution in [1.29, 1.82) is 0 Å². The zero-order valence-corrected chi connectivity index (χ0v) is 12.5. The first-order valence-corrected chi connectivity index (χ1v) is 7.18. The van der Waals surface area contributed by atoms with Crippen molar-refractivity contribution in [3.63, 3.8) is 0 Å². The molecule has 0 fully saturated rings. The number of halogens is 2. The molecule has 0 atom stereocenters. The van der Waals surface area contributed by atoms with Crippen molar-refractivity contribution in [1.82, 2.24) is 0 Å². The second-order valence-corrected chi connectivity index (χ2v) is 5.46. The van der Waals surface area contributed by atoms with E-state index in [-0.39, 0.29) is 11.7 Å². The van der Waals surface area contributed by atoms with Gasteiger partial charge in [-0.05, 0) is 41.8 Å². The number of hydrogen-bond acceptors (Lipinski definition) is 1. The minimum Gasteiger partial charge on any atom is -0.321 e. The highest BCUT2D eigenvalue weighted by atomic mass is 79.9. The number of amides is 1. The van der Waals surface area contributed by atoms with E-state index in [0.29, 0.717) is 5.56 Å². The first-order valence-electron chi connectivity index (χ1n) is 6.39. The molecular weight excluding hydrogens is 333 g/mol. The Morgan fingerprint density at radius 2 is 1.57 bits per heavy atom. The van der Waals surface area contributed by atoms with Crippen LogP contribution in [0.1, 0.15) is 10.4 Å². The van der Waals surface area contributed by atoms with Crippen LogP contribution in [0.4, 0.5) is 10.1 Å². The second-order valence-electron chi connectivity index (χ2n) is 4.60. The van der Waals surface area contributed by atoms with Crippen molar-refractivity contribution >= 4 is 38.3 Å². The Morgan fingerprint density at radius 3 is 2.29 bits per heavy atom. The molecule has 2 nitrogen and oxygen atoms in total. The lowest BCUT2D eigenvalue weighted by Gasteiger charge is -2.10. The zero-order chi connectivity index (χ0) is 14.8. The number of rotatable bonds is 2. The summed E-state index contributed by atoms with van der Waals surface area (Å²) >= 11 is 3.50. The molecule has 1 N–H and O–H groups in total. The molecule has 4 heteroatoms. The zero-order valence-electron chi connectivity index (χ0n) is 10.9. The molecule has 0 unspecified atom stereocenters. The molecule has 1 amide bonds. The van der Waals surface area contributed by atoms with Gasteiger partial charge in [0.15, 0.2) is 0 Å². The molecule has 0 aromatic heterocycles. The molecule has 0 aliphatic rings. The molecule has 104 valence electrons. The summed E-state index contributed by atoms with van der Waals surface area (Å²) in [5, 5.41) is 4.83. The SMILES string of the molecule is O=C(Nc1ccc(Br)c2ccccc12)c1ccc(F)cc1. The number of benzene rings is 3. The van der Waals surface area contributed by atoms with Crippen LogP contribution in [-0.4, -0.2) is 5.91 Å². The summed E-state index contributed by atoms with van der Waals surface area (Å²) in [4.78, 5) is 12.2. The highest BCUT2D eigenvalue weighted by Crippen LogP contribution is 2.30. The van der Waals surface area contributed by atoms with E-state index in [9.17, 15) is 9.18 Å². The molecule has 3 aromatic rings. The molecule has 0 aliphatic heterocycles. The van der Waals surface area contributed by atoms with Crippen molar-refractivity contribution in [2.45, 2.75) is 0 Å². The number of nitrogens with one attached hydrogen (secondary N) is 1. The van der Waals surface area contributed by atoms with Crippen molar-refractivity contribution in [3.8, 4) is 0 Å². The topological polar surface area (TPSA) is 29.1 Å². The molecular formula is C17H11BrFNO. The summed E-state index contributed by atoms with van der Waals surface area (Å²) in [5.74, 6) is -0.622. The summed E-state index contributed by atoms with van der Waals surface area (Å²) in [5.41, 5.74) is 1.14. The van der Waals surface area contributed by atoms with E-state index in [0.717, 1.165) is 20.9 Å². The Labute approximate surface area is 129 Å². The Hall–Kier alpha value is -2.20. The van der Waals surface area contributed by atoms with Crippen LogP contribution in [0.2, 0.25) is 0 Å². The van der Waals surface area contributed by atoms with E-state index >= 15 is 0 Å².